The molecule has 5 fully saturated rings. The fourth-order valence-electron chi connectivity index (χ4n) is 5.57. The SMILES string of the molecule is CC1(C)[C@H]2C[C@H](NC[C@H]3CCN(C4CC4)C3)[C@](C)(O)[C@H]1C2. The molecule has 0 unspecified atom stereocenters. The molecule has 4 aliphatic carbocycles. The van der Waals surface area contributed by atoms with Crippen LogP contribution in [0.2, 0.25) is 0 Å². The summed E-state index contributed by atoms with van der Waals surface area (Å²) in [6.45, 7) is 10.5. The first-order valence-electron chi connectivity index (χ1n) is 9.09. The van der Waals surface area contributed by atoms with Crippen molar-refractivity contribution in [3.63, 3.8) is 0 Å². The molecule has 0 radical (unpaired) electrons. The van der Waals surface area contributed by atoms with Crippen LogP contribution in [0.25, 0.3) is 0 Å². The Bertz CT molecular complexity index is 415. The van der Waals surface area contributed by atoms with Gasteiger partial charge in [0.25, 0.3) is 0 Å². The van der Waals surface area contributed by atoms with Crippen LogP contribution < -0.4 is 5.32 Å². The van der Waals surface area contributed by atoms with Gasteiger partial charge in [0.1, 0.15) is 0 Å². The predicted octanol–water partition coefficient (Wildman–Crippen LogP) is 2.25. The first-order chi connectivity index (χ1) is 9.89. The number of nitrogens with zero attached hydrogens (tertiary/aromatic N) is 1. The molecule has 5 aliphatic rings. The topological polar surface area (TPSA) is 35.5 Å². The maximum Gasteiger partial charge on any atom is 0.0805 e. The molecule has 2 bridgehead atoms. The van der Waals surface area contributed by atoms with E-state index < -0.39 is 5.60 Å². The van der Waals surface area contributed by atoms with Crippen molar-refractivity contribution in [2.75, 3.05) is 19.6 Å². The van der Waals surface area contributed by atoms with Gasteiger partial charge in [0.2, 0.25) is 0 Å². The Morgan fingerprint density at radius 2 is 1.90 bits per heavy atom. The fourth-order valence-corrected chi connectivity index (χ4v) is 5.57. The van der Waals surface area contributed by atoms with Crippen molar-refractivity contribution >= 4 is 0 Å². The van der Waals surface area contributed by atoms with Crippen molar-refractivity contribution in [3.8, 4) is 0 Å². The summed E-state index contributed by atoms with van der Waals surface area (Å²) in [6.07, 6.45) is 6.59. The van der Waals surface area contributed by atoms with Crippen LogP contribution in [-0.2, 0) is 0 Å². The highest BCUT2D eigenvalue weighted by Gasteiger charge is 2.62. The van der Waals surface area contributed by atoms with Gasteiger partial charge in [-0.3, -0.25) is 0 Å². The monoisotopic (exact) mass is 292 g/mol. The number of nitrogens with one attached hydrogen (secondary N) is 1. The lowest BCUT2D eigenvalue weighted by Gasteiger charge is -2.65. The first-order valence-corrected chi connectivity index (χ1v) is 9.09. The van der Waals surface area contributed by atoms with Gasteiger partial charge in [0.05, 0.1) is 5.60 Å². The van der Waals surface area contributed by atoms with E-state index in [0.29, 0.717) is 17.4 Å². The zero-order valence-corrected chi connectivity index (χ0v) is 13.9. The Morgan fingerprint density at radius 1 is 1.14 bits per heavy atom. The van der Waals surface area contributed by atoms with Crippen LogP contribution in [0.3, 0.4) is 0 Å². The smallest absolute Gasteiger partial charge is 0.0805 e. The van der Waals surface area contributed by atoms with Crippen molar-refractivity contribution in [1.82, 2.24) is 10.2 Å². The maximum absolute atomic E-state index is 11.0. The molecule has 0 spiro atoms. The molecular weight excluding hydrogens is 260 g/mol. The van der Waals surface area contributed by atoms with Gasteiger partial charge in [-0.15, -0.1) is 0 Å². The minimum Gasteiger partial charge on any atom is -0.388 e. The van der Waals surface area contributed by atoms with E-state index in [9.17, 15) is 5.11 Å². The molecule has 120 valence electrons. The number of hydrogen-bond donors (Lipinski definition) is 2. The van der Waals surface area contributed by atoms with E-state index in [0.717, 1.165) is 30.8 Å². The van der Waals surface area contributed by atoms with Crippen molar-refractivity contribution in [3.05, 3.63) is 0 Å². The lowest BCUT2D eigenvalue weighted by molar-refractivity contribution is -0.209. The number of hydrogen-bond acceptors (Lipinski definition) is 3. The van der Waals surface area contributed by atoms with Gasteiger partial charge in [0.15, 0.2) is 0 Å². The molecule has 4 saturated carbocycles. The van der Waals surface area contributed by atoms with E-state index in [-0.39, 0.29) is 0 Å². The van der Waals surface area contributed by atoms with Crippen LogP contribution in [0.5, 0.6) is 0 Å². The number of aliphatic hydroxyl groups is 1. The standard InChI is InChI=1S/C18H32N2O/c1-17(2)13-8-15(17)18(3,21)16(9-13)19-10-12-6-7-20(11-12)14-4-5-14/h12-16,19,21H,4-11H2,1-3H3/t12-,13-,15+,16+,18-/m1/s1. The second-order valence-electron chi connectivity index (χ2n) is 9.11. The minimum absolute atomic E-state index is 0.309. The molecule has 3 heteroatoms. The minimum atomic E-state index is -0.521. The average molecular weight is 292 g/mol. The summed E-state index contributed by atoms with van der Waals surface area (Å²) in [4.78, 5) is 2.69. The third-order valence-corrected chi connectivity index (χ3v) is 7.44. The van der Waals surface area contributed by atoms with E-state index >= 15 is 0 Å². The molecule has 0 aromatic heterocycles. The lowest BCUT2D eigenvalue weighted by Crippen LogP contribution is -2.69. The van der Waals surface area contributed by atoms with Gasteiger partial charge >= 0.3 is 0 Å². The van der Waals surface area contributed by atoms with Crippen LogP contribution in [0.4, 0.5) is 0 Å². The number of rotatable bonds is 4. The molecule has 5 atom stereocenters. The summed E-state index contributed by atoms with van der Waals surface area (Å²) >= 11 is 0. The van der Waals surface area contributed by atoms with Crippen molar-refractivity contribution in [1.29, 1.82) is 0 Å². The van der Waals surface area contributed by atoms with E-state index in [4.69, 9.17) is 0 Å². The van der Waals surface area contributed by atoms with Crippen molar-refractivity contribution < 1.29 is 5.11 Å². The molecule has 1 heterocycles. The molecule has 1 saturated heterocycles. The summed E-state index contributed by atoms with van der Waals surface area (Å²) in [5.41, 5.74) is -0.176. The molecule has 0 amide bonds. The molecule has 1 aliphatic heterocycles. The molecule has 0 aromatic carbocycles. The Labute approximate surface area is 129 Å². The Kier molecular flexibility index (Phi) is 3.23. The number of likely N-dealkylation sites (tertiary alicyclic amines) is 1. The van der Waals surface area contributed by atoms with Gasteiger partial charge in [-0.05, 0) is 75.3 Å². The molecule has 21 heavy (non-hydrogen) atoms. The maximum atomic E-state index is 11.0. The third kappa shape index (κ3) is 2.27. The van der Waals surface area contributed by atoms with Gasteiger partial charge < -0.3 is 15.3 Å². The van der Waals surface area contributed by atoms with Crippen molar-refractivity contribution in [2.24, 2.45) is 23.2 Å². The Balaban J connectivity index is 1.31. The largest absolute Gasteiger partial charge is 0.388 e. The van der Waals surface area contributed by atoms with E-state index in [1.54, 1.807) is 0 Å². The summed E-state index contributed by atoms with van der Waals surface area (Å²) in [7, 11) is 0. The lowest BCUT2D eigenvalue weighted by atomic mass is 9.43. The normalized spacial score (nSPS) is 49.1. The van der Waals surface area contributed by atoms with E-state index in [1.807, 2.05) is 0 Å². The molecule has 3 nitrogen and oxygen atoms in total. The van der Waals surface area contributed by atoms with Gasteiger partial charge in [-0.1, -0.05) is 13.8 Å². The summed E-state index contributed by atoms with van der Waals surface area (Å²) in [5.74, 6) is 2.09. The third-order valence-electron chi connectivity index (χ3n) is 7.44. The predicted molar refractivity (Wildman–Crippen MR) is 85.1 cm³/mol. The highest BCUT2D eigenvalue weighted by atomic mass is 16.3. The highest BCUT2D eigenvalue weighted by molar-refractivity contribution is 5.14. The summed E-state index contributed by atoms with van der Waals surface area (Å²) in [6, 6.07) is 1.23. The fraction of sp³-hybridized carbons (Fsp3) is 1.00. The summed E-state index contributed by atoms with van der Waals surface area (Å²) in [5, 5.41) is 14.8. The van der Waals surface area contributed by atoms with Gasteiger partial charge in [-0.25, -0.2) is 0 Å². The Hall–Kier alpha value is -0.120. The molecular formula is C18H32N2O. The number of fused-ring (bicyclic) bond motifs is 2. The van der Waals surface area contributed by atoms with Crippen LogP contribution >= 0.6 is 0 Å². The first kappa shape index (κ1) is 14.5. The Morgan fingerprint density at radius 3 is 2.52 bits per heavy atom. The van der Waals surface area contributed by atoms with Crippen molar-refractivity contribution in [2.45, 2.75) is 70.6 Å². The average Bonchev–Trinajstić information content (AvgIpc) is 3.15. The zero-order chi connectivity index (χ0) is 14.8. The van der Waals surface area contributed by atoms with Crippen LogP contribution in [-0.4, -0.2) is 47.3 Å². The zero-order valence-electron chi connectivity index (χ0n) is 13.9. The van der Waals surface area contributed by atoms with E-state index in [2.05, 4.69) is 31.0 Å². The second kappa shape index (κ2) is 4.69. The van der Waals surface area contributed by atoms with Crippen LogP contribution in [0, 0.1) is 23.2 Å². The van der Waals surface area contributed by atoms with Crippen LogP contribution in [0.15, 0.2) is 0 Å². The van der Waals surface area contributed by atoms with Gasteiger partial charge in [0, 0.05) is 18.6 Å². The summed E-state index contributed by atoms with van der Waals surface area (Å²) < 4.78 is 0. The van der Waals surface area contributed by atoms with Crippen LogP contribution in [0.1, 0.15) is 52.9 Å². The quantitative estimate of drug-likeness (QED) is 0.834. The second-order valence-corrected chi connectivity index (χ2v) is 9.11. The molecule has 0 aromatic rings. The molecule has 5 rings (SSSR count). The van der Waals surface area contributed by atoms with Gasteiger partial charge in [-0.2, -0.15) is 0 Å². The van der Waals surface area contributed by atoms with E-state index in [1.165, 1.54) is 38.8 Å². The highest BCUT2D eigenvalue weighted by Crippen LogP contribution is 2.62. The molecule has 2 N–H and O–H groups in total.